The molecule has 0 N–H and O–H groups in total. The fraction of sp³-hybridized carbons (Fsp3) is 0.0667. The van der Waals surface area contributed by atoms with Gasteiger partial charge in [0, 0.05) is 33.1 Å². The van der Waals surface area contributed by atoms with E-state index in [0.717, 1.165) is 49.3 Å². The van der Waals surface area contributed by atoms with Crippen molar-refractivity contribution in [1.29, 1.82) is 0 Å². The van der Waals surface area contributed by atoms with Gasteiger partial charge in [0.1, 0.15) is 5.52 Å². The Labute approximate surface area is 289 Å². The molecule has 1 aliphatic rings. The molecule has 0 unspecified atom stereocenters. The molecule has 9 aromatic rings. The molecule has 0 spiro atoms. The van der Waals surface area contributed by atoms with Gasteiger partial charge in [0.15, 0.2) is 23.1 Å². The molecular formula is C45H30N4O. The van der Waals surface area contributed by atoms with E-state index in [9.17, 15) is 0 Å². The molecule has 0 saturated carbocycles. The monoisotopic (exact) mass is 642 g/mol. The summed E-state index contributed by atoms with van der Waals surface area (Å²) in [6, 6.07) is 50.2. The fourth-order valence-corrected chi connectivity index (χ4v) is 7.74. The molecule has 5 nitrogen and oxygen atoms in total. The summed E-state index contributed by atoms with van der Waals surface area (Å²) in [7, 11) is 0. The van der Waals surface area contributed by atoms with Crippen LogP contribution >= 0.6 is 0 Å². The second kappa shape index (κ2) is 10.8. The third-order valence-electron chi connectivity index (χ3n) is 10.2. The quantitative estimate of drug-likeness (QED) is 0.191. The van der Waals surface area contributed by atoms with Gasteiger partial charge in [-0.3, -0.25) is 0 Å². The van der Waals surface area contributed by atoms with Crippen molar-refractivity contribution in [2.24, 2.45) is 0 Å². The highest BCUT2D eigenvalue weighted by Crippen LogP contribution is 2.51. The van der Waals surface area contributed by atoms with Gasteiger partial charge in [-0.05, 0) is 56.6 Å². The zero-order valence-corrected chi connectivity index (χ0v) is 27.6. The summed E-state index contributed by atoms with van der Waals surface area (Å²) in [5, 5.41) is 4.17. The molecule has 0 bridgehead atoms. The zero-order chi connectivity index (χ0) is 33.4. The van der Waals surface area contributed by atoms with E-state index in [-0.39, 0.29) is 5.41 Å². The normalized spacial score (nSPS) is 13.2. The van der Waals surface area contributed by atoms with E-state index in [1.807, 2.05) is 36.4 Å². The first-order valence-corrected chi connectivity index (χ1v) is 16.9. The van der Waals surface area contributed by atoms with Crippen LogP contribution in [0.3, 0.4) is 0 Å². The van der Waals surface area contributed by atoms with E-state index in [1.54, 1.807) is 0 Å². The highest BCUT2D eigenvalue weighted by Gasteiger charge is 2.37. The largest absolute Gasteiger partial charge is 0.435 e. The maximum atomic E-state index is 6.56. The highest BCUT2D eigenvalue weighted by atomic mass is 16.3. The minimum absolute atomic E-state index is 0.153. The number of fused-ring (bicyclic) bond motifs is 7. The molecule has 0 amide bonds. The fourth-order valence-electron chi connectivity index (χ4n) is 7.74. The Balaban J connectivity index is 1.27. The summed E-state index contributed by atoms with van der Waals surface area (Å²) in [6.45, 7) is 4.59. The van der Waals surface area contributed by atoms with E-state index >= 15 is 0 Å². The van der Waals surface area contributed by atoms with Crippen molar-refractivity contribution in [2.45, 2.75) is 19.3 Å². The maximum Gasteiger partial charge on any atom is 0.227 e. The van der Waals surface area contributed by atoms with Crippen LogP contribution in [0.1, 0.15) is 25.0 Å². The van der Waals surface area contributed by atoms with Crippen molar-refractivity contribution in [1.82, 2.24) is 19.9 Å². The van der Waals surface area contributed by atoms with E-state index in [1.165, 1.54) is 22.3 Å². The molecule has 1 aliphatic carbocycles. The minimum atomic E-state index is -0.153. The number of hydrogen-bond acceptors (Lipinski definition) is 5. The second-order valence-electron chi connectivity index (χ2n) is 13.4. The third kappa shape index (κ3) is 4.26. The Hall–Kier alpha value is -6.46. The molecule has 7 aromatic carbocycles. The molecule has 0 saturated heterocycles. The van der Waals surface area contributed by atoms with Crippen LogP contribution in [0, 0.1) is 0 Å². The first-order valence-electron chi connectivity index (χ1n) is 16.9. The highest BCUT2D eigenvalue weighted by molar-refractivity contribution is 6.11. The maximum absolute atomic E-state index is 6.56. The van der Waals surface area contributed by atoms with Gasteiger partial charge >= 0.3 is 0 Å². The van der Waals surface area contributed by atoms with Crippen LogP contribution in [0.25, 0.3) is 89.4 Å². The SMILES string of the molecule is CC1(C)c2ccccc2-c2c(-c3nc(-c4cccc5ccccc45)nc(-c4cccc5ccc6nc(-c7ccccc7)oc6c45)n3)cccc21. The first-order chi connectivity index (χ1) is 24.5. The Morgan fingerprint density at radius 1 is 0.460 bits per heavy atom. The number of nitrogens with zero attached hydrogens (tertiary/aromatic N) is 4. The Kier molecular flexibility index (Phi) is 6.15. The van der Waals surface area contributed by atoms with Crippen molar-refractivity contribution in [2.75, 3.05) is 0 Å². The Bertz CT molecular complexity index is 2790. The Morgan fingerprint density at radius 2 is 1.06 bits per heavy atom. The van der Waals surface area contributed by atoms with Gasteiger partial charge in [0.05, 0.1) is 0 Å². The van der Waals surface area contributed by atoms with Crippen molar-refractivity contribution in [3.63, 3.8) is 0 Å². The summed E-state index contributed by atoms with van der Waals surface area (Å²) in [5.74, 6) is 2.42. The number of hydrogen-bond donors (Lipinski definition) is 0. The molecule has 2 heterocycles. The van der Waals surface area contributed by atoms with Crippen molar-refractivity contribution in [3.8, 4) is 56.7 Å². The van der Waals surface area contributed by atoms with Gasteiger partial charge in [0.25, 0.3) is 0 Å². The Morgan fingerprint density at radius 3 is 1.92 bits per heavy atom. The zero-order valence-electron chi connectivity index (χ0n) is 27.6. The molecule has 236 valence electrons. The van der Waals surface area contributed by atoms with E-state index in [4.69, 9.17) is 24.4 Å². The lowest BCUT2D eigenvalue weighted by molar-refractivity contribution is 0.623. The number of rotatable bonds is 4. The molecule has 5 heteroatoms. The van der Waals surface area contributed by atoms with E-state index < -0.39 is 0 Å². The lowest BCUT2D eigenvalue weighted by Crippen LogP contribution is -2.14. The number of aromatic nitrogens is 4. The molecule has 0 radical (unpaired) electrons. The van der Waals surface area contributed by atoms with Gasteiger partial charge < -0.3 is 4.42 Å². The average molecular weight is 643 g/mol. The molecule has 10 rings (SSSR count). The predicted octanol–water partition coefficient (Wildman–Crippen LogP) is 11.3. The van der Waals surface area contributed by atoms with Crippen molar-refractivity contribution < 1.29 is 4.42 Å². The van der Waals surface area contributed by atoms with Crippen LogP contribution in [-0.4, -0.2) is 19.9 Å². The van der Waals surface area contributed by atoms with Gasteiger partial charge in [0.2, 0.25) is 5.89 Å². The van der Waals surface area contributed by atoms with Crippen LogP contribution in [0.4, 0.5) is 0 Å². The molecular weight excluding hydrogens is 613 g/mol. The van der Waals surface area contributed by atoms with Gasteiger partial charge in [-0.1, -0.05) is 141 Å². The lowest BCUT2D eigenvalue weighted by Gasteiger charge is -2.21. The summed E-state index contributed by atoms with van der Waals surface area (Å²) in [5.41, 5.74) is 10.1. The van der Waals surface area contributed by atoms with Crippen LogP contribution in [0.15, 0.2) is 150 Å². The first kappa shape index (κ1) is 28.5. The van der Waals surface area contributed by atoms with Gasteiger partial charge in [-0.15, -0.1) is 0 Å². The summed E-state index contributed by atoms with van der Waals surface area (Å²) < 4.78 is 6.56. The van der Waals surface area contributed by atoms with Crippen LogP contribution < -0.4 is 0 Å². The predicted molar refractivity (Wildman–Crippen MR) is 202 cm³/mol. The summed E-state index contributed by atoms with van der Waals surface area (Å²) in [4.78, 5) is 20.7. The molecule has 0 aliphatic heterocycles. The summed E-state index contributed by atoms with van der Waals surface area (Å²) >= 11 is 0. The number of oxazole rings is 1. The second-order valence-corrected chi connectivity index (χ2v) is 13.4. The lowest BCUT2D eigenvalue weighted by atomic mass is 9.82. The van der Waals surface area contributed by atoms with E-state index in [0.29, 0.717) is 28.9 Å². The van der Waals surface area contributed by atoms with Crippen LogP contribution in [0.2, 0.25) is 0 Å². The van der Waals surface area contributed by atoms with Crippen molar-refractivity contribution in [3.05, 3.63) is 157 Å². The minimum Gasteiger partial charge on any atom is -0.435 e. The van der Waals surface area contributed by atoms with Gasteiger partial charge in [-0.25, -0.2) is 19.9 Å². The van der Waals surface area contributed by atoms with Crippen molar-refractivity contribution >= 4 is 32.6 Å². The van der Waals surface area contributed by atoms with E-state index in [2.05, 4.69) is 123 Å². The molecule has 0 fully saturated rings. The standard InChI is InChI=1S/C45H30N4O/c1-45(2)35-23-9-8-19-32(35)39-34(22-12-24-36(39)45)43-48-41(31-20-10-16-27-13-6-7-18-30(27)31)47-42(49-43)33-21-11-17-28-25-26-37-40(38(28)33)50-44(46-37)29-14-4-3-5-15-29/h3-26H,1-2H3. The molecule has 2 aromatic heterocycles. The van der Waals surface area contributed by atoms with Crippen LogP contribution in [-0.2, 0) is 5.41 Å². The van der Waals surface area contributed by atoms with Gasteiger partial charge in [-0.2, -0.15) is 0 Å². The smallest absolute Gasteiger partial charge is 0.227 e. The topological polar surface area (TPSA) is 64.7 Å². The van der Waals surface area contributed by atoms with Crippen LogP contribution in [0.5, 0.6) is 0 Å². The molecule has 0 atom stereocenters. The molecule has 50 heavy (non-hydrogen) atoms. The third-order valence-corrected chi connectivity index (χ3v) is 10.2. The number of benzene rings is 7. The average Bonchev–Trinajstić information content (AvgIpc) is 3.71. The summed E-state index contributed by atoms with van der Waals surface area (Å²) in [6.07, 6.45) is 0.